The molecule has 2 saturated carbocycles. The Balaban J connectivity index is 0.00000133. The minimum Gasteiger partial charge on any atom is -0.338 e. The van der Waals surface area contributed by atoms with Crippen molar-refractivity contribution in [1.29, 1.82) is 0 Å². The van der Waals surface area contributed by atoms with E-state index < -0.39 is 0 Å². The first-order valence-corrected chi connectivity index (χ1v) is 7.67. The number of nitrogens with zero attached hydrogens (tertiary/aromatic N) is 1. The number of piperidine rings is 1. The summed E-state index contributed by atoms with van der Waals surface area (Å²) in [4.78, 5) is 14.8. The van der Waals surface area contributed by atoms with Gasteiger partial charge in [-0.05, 0) is 43.4 Å². The molecule has 110 valence electrons. The number of carbonyl (C=O) groups excluding carboxylic acids is 1. The highest BCUT2D eigenvalue weighted by molar-refractivity contribution is 5.85. The summed E-state index contributed by atoms with van der Waals surface area (Å²) in [6.07, 6.45) is 8.67. The van der Waals surface area contributed by atoms with Crippen LogP contribution in [0, 0.1) is 17.3 Å². The van der Waals surface area contributed by atoms with Gasteiger partial charge in [-0.25, -0.2) is 0 Å². The van der Waals surface area contributed by atoms with Crippen molar-refractivity contribution in [2.45, 2.75) is 57.9 Å². The van der Waals surface area contributed by atoms with E-state index in [2.05, 4.69) is 11.8 Å². The fraction of sp³-hybridized carbons (Fsp3) is 0.933. The lowest BCUT2D eigenvalue weighted by atomic mass is 9.91. The maximum atomic E-state index is 12.7. The van der Waals surface area contributed by atoms with Gasteiger partial charge in [-0.3, -0.25) is 4.79 Å². The molecule has 3 fully saturated rings. The van der Waals surface area contributed by atoms with Gasteiger partial charge in [0, 0.05) is 25.0 Å². The first-order valence-electron chi connectivity index (χ1n) is 7.67. The van der Waals surface area contributed by atoms with Gasteiger partial charge in [0.15, 0.2) is 0 Å². The second-order valence-corrected chi connectivity index (χ2v) is 6.88. The van der Waals surface area contributed by atoms with Gasteiger partial charge in [0.25, 0.3) is 0 Å². The quantitative estimate of drug-likeness (QED) is 0.848. The lowest BCUT2D eigenvalue weighted by molar-refractivity contribution is -0.137. The molecule has 4 heteroatoms. The summed E-state index contributed by atoms with van der Waals surface area (Å²) < 4.78 is 0. The second-order valence-electron chi connectivity index (χ2n) is 6.88. The normalized spacial score (nSPS) is 36.1. The Morgan fingerprint density at radius 1 is 1.37 bits per heavy atom. The Morgan fingerprint density at radius 3 is 2.68 bits per heavy atom. The molecule has 0 bridgehead atoms. The van der Waals surface area contributed by atoms with E-state index in [1.54, 1.807) is 0 Å². The molecule has 0 radical (unpaired) electrons. The minimum atomic E-state index is 0. The van der Waals surface area contributed by atoms with E-state index in [0.29, 0.717) is 29.8 Å². The van der Waals surface area contributed by atoms with Crippen LogP contribution < -0.4 is 5.73 Å². The first-order chi connectivity index (χ1) is 8.66. The van der Waals surface area contributed by atoms with Crippen LogP contribution in [0.1, 0.15) is 51.9 Å². The Bertz CT molecular complexity index is 341. The molecule has 3 nitrogen and oxygen atoms in total. The van der Waals surface area contributed by atoms with Crippen LogP contribution in [0.25, 0.3) is 0 Å². The number of rotatable bonds is 2. The highest BCUT2D eigenvalue weighted by atomic mass is 35.5. The lowest BCUT2D eigenvalue weighted by Gasteiger charge is -2.38. The van der Waals surface area contributed by atoms with E-state index in [1.807, 2.05) is 0 Å². The zero-order chi connectivity index (χ0) is 12.8. The largest absolute Gasteiger partial charge is 0.338 e. The molecule has 1 spiro atoms. The number of amides is 1. The molecule has 2 N–H and O–H groups in total. The van der Waals surface area contributed by atoms with Crippen LogP contribution in [0.3, 0.4) is 0 Å². The van der Waals surface area contributed by atoms with Crippen molar-refractivity contribution >= 4 is 18.3 Å². The Hall–Kier alpha value is -0.280. The third-order valence-corrected chi connectivity index (χ3v) is 5.62. The van der Waals surface area contributed by atoms with E-state index in [4.69, 9.17) is 5.73 Å². The van der Waals surface area contributed by atoms with Crippen LogP contribution in [-0.4, -0.2) is 29.9 Å². The maximum Gasteiger partial charge on any atom is 0.226 e. The first kappa shape index (κ1) is 15.1. The number of hydrogen-bond acceptors (Lipinski definition) is 2. The molecular formula is C15H27ClN2O. The Kier molecular flexibility index (Phi) is 4.46. The van der Waals surface area contributed by atoms with Crippen molar-refractivity contribution in [2.24, 2.45) is 23.0 Å². The van der Waals surface area contributed by atoms with Crippen molar-refractivity contribution in [3.63, 3.8) is 0 Å². The summed E-state index contributed by atoms with van der Waals surface area (Å²) in [6.45, 7) is 3.85. The van der Waals surface area contributed by atoms with Crippen molar-refractivity contribution < 1.29 is 4.79 Å². The molecule has 19 heavy (non-hydrogen) atoms. The molecule has 2 aliphatic carbocycles. The maximum absolute atomic E-state index is 12.7. The van der Waals surface area contributed by atoms with Crippen LogP contribution in [0.5, 0.6) is 0 Å². The van der Waals surface area contributed by atoms with Crippen molar-refractivity contribution in [1.82, 2.24) is 4.90 Å². The van der Waals surface area contributed by atoms with Gasteiger partial charge in [-0.1, -0.05) is 19.8 Å². The van der Waals surface area contributed by atoms with Gasteiger partial charge in [0.05, 0.1) is 0 Å². The smallest absolute Gasteiger partial charge is 0.226 e. The number of hydrogen-bond donors (Lipinski definition) is 1. The third kappa shape index (κ3) is 2.64. The number of likely N-dealkylation sites (tertiary alicyclic amines) is 1. The predicted molar refractivity (Wildman–Crippen MR) is 79.2 cm³/mol. The molecular weight excluding hydrogens is 260 g/mol. The zero-order valence-electron chi connectivity index (χ0n) is 11.9. The number of halogens is 1. The lowest BCUT2D eigenvalue weighted by Crippen LogP contribution is -2.50. The monoisotopic (exact) mass is 286 g/mol. The third-order valence-electron chi connectivity index (χ3n) is 5.62. The molecule has 3 atom stereocenters. The molecule has 0 aromatic heterocycles. The molecule has 3 rings (SSSR count). The standard InChI is InChI=1S/C15H26N2O.ClH/c1-11-4-7-17(12(8-11)10-16)14(18)13-9-15(13)5-2-3-6-15;/h11-13H,2-10,16H2,1H3;1H. The Morgan fingerprint density at radius 2 is 2.05 bits per heavy atom. The van der Waals surface area contributed by atoms with E-state index >= 15 is 0 Å². The molecule has 3 aliphatic rings. The van der Waals surface area contributed by atoms with Crippen LogP contribution >= 0.6 is 12.4 Å². The molecule has 1 saturated heterocycles. The van der Waals surface area contributed by atoms with Gasteiger partial charge >= 0.3 is 0 Å². The summed E-state index contributed by atoms with van der Waals surface area (Å²) in [5.74, 6) is 1.50. The highest BCUT2D eigenvalue weighted by Crippen LogP contribution is 2.63. The summed E-state index contributed by atoms with van der Waals surface area (Å²) in [5, 5.41) is 0. The van der Waals surface area contributed by atoms with E-state index in [-0.39, 0.29) is 12.4 Å². The van der Waals surface area contributed by atoms with E-state index in [9.17, 15) is 4.79 Å². The Labute approximate surface area is 122 Å². The summed E-state index contributed by atoms with van der Waals surface area (Å²) >= 11 is 0. The molecule has 0 aromatic carbocycles. The molecule has 1 heterocycles. The van der Waals surface area contributed by atoms with Crippen LogP contribution in [-0.2, 0) is 4.79 Å². The minimum absolute atomic E-state index is 0. The SMILES string of the molecule is CC1CCN(C(=O)C2CC23CCCC3)C(CN)C1.Cl. The van der Waals surface area contributed by atoms with E-state index in [0.717, 1.165) is 31.7 Å². The summed E-state index contributed by atoms with van der Waals surface area (Å²) in [5.41, 5.74) is 6.30. The number of carbonyl (C=O) groups is 1. The zero-order valence-corrected chi connectivity index (χ0v) is 12.8. The summed E-state index contributed by atoms with van der Waals surface area (Å²) in [6, 6.07) is 0.306. The fourth-order valence-corrected chi connectivity index (χ4v) is 4.29. The molecule has 3 unspecified atom stereocenters. The van der Waals surface area contributed by atoms with Gasteiger partial charge in [-0.15, -0.1) is 12.4 Å². The molecule has 1 aliphatic heterocycles. The highest BCUT2D eigenvalue weighted by Gasteiger charge is 2.59. The van der Waals surface area contributed by atoms with Crippen molar-refractivity contribution in [3.8, 4) is 0 Å². The van der Waals surface area contributed by atoms with Gasteiger partial charge in [0.1, 0.15) is 0 Å². The summed E-state index contributed by atoms with van der Waals surface area (Å²) in [7, 11) is 0. The topological polar surface area (TPSA) is 46.3 Å². The van der Waals surface area contributed by atoms with E-state index in [1.165, 1.54) is 25.7 Å². The van der Waals surface area contributed by atoms with Gasteiger partial charge < -0.3 is 10.6 Å². The van der Waals surface area contributed by atoms with Crippen LogP contribution in [0.2, 0.25) is 0 Å². The fourth-order valence-electron chi connectivity index (χ4n) is 4.29. The van der Waals surface area contributed by atoms with Gasteiger partial charge in [0.2, 0.25) is 5.91 Å². The van der Waals surface area contributed by atoms with Crippen molar-refractivity contribution in [2.75, 3.05) is 13.1 Å². The average Bonchev–Trinajstić information content (AvgIpc) is 2.86. The van der Waals surface area contributed by atoms with Crippen LogP contribution in [0.15, 0.2) is 0 Å². The molecule has 0 aromatic rings. The average molecular weight is 287 g/mol. The number of nitrogens with two attached hydrogens (primary N) is 1. The molecule has 1 amide bonds. The van der Waals surface area contributed by atoms with Crippen molar-refractivity contribution in [3.05, 3.63) is 0 Å². The second kappa shape index (κ2) is 5.61. The van der Waals surface area contributed by atoms with Gasteiger partial charge in [-0.2, -0.15) is 0 Å². The van der Waals surface area contributed by atoms with Crippen LogP contribution in [0.4, 0.5) is 0 Å². The predicted octanol–water partition coefficient (Wildman–Crippen LogP) is 2.57.